The Bertz CT molecular complexity index is 593. The van der Waals surface area contributed by atoms with Crippen molar-refractivity contribution >= 4 is 0 Å². The SMILES string of the molecule is CC(C)c1ccc(CNC(C)c2cc(F)ccc2O)cc1. The smallest absolute Gasteiger partial charge is 0.123 e. The average Bonchev–Trinajstić information content (AvgIpc) is 2.47. The molecule has 0 radical (unpaired) electrons. The predicted octanol–water partition coefficient (Wildman–Crippen LogP) is 4.51. The topological polar surface area (TPSA) is 32.3 Å². The Morgan fingerprint density at radius 2 is 1.71 bits per heavy atom. The number of phenols is 1. The summed E-state index contributed by atoms with van der Waals surface area (Å²) in [7, 11) is 0. The molecule has 0 spiro atoms. The molecule has 1 atom stereocenters. The molecule has 2 rings (SSSR count). The highest BCUT2D eigenvalue weighted by Gasteiger charge is 2.11. The lowest BCUT2D eigenvalue weighted by Crippen LogP contribution is -2.18. The lowest BCUT2D eigenvalue weighted by atomic mass is 10.0. The fourth-order valence-corrected chi connectivity index (χ4v) is 2.27. The van der Waals surface area contributed by atoms with Crippen LogP contribution >= 0.6 is 0 Å². The van der Waals surface area contributed by atoms with Crippen molar-refractivity contribution in [3.8, 4) is 5.75 Å². The summed E-state index contributed by atoms with van der Waals surface area (Å²) in [6.07, 6.45) is 0. The van der Waals surface area contributed by atoms with E-state index in [2.05, 4.69) is 43.4 Å². The second-order valence-corrected chi connectivity index (χ2v) is 5.70. The highest BCUT2D eigenvalue weighted by molar-refractivity contribution is 5.35. The van der Waals surface area contributed by atoms with Gasteiger partial charge in [-0.15, -0.1) is 0 Å². The fourth-order valence-electron chi connectivity index (χ4n) is 2.27. The van der Waals surface area contributed by atoms with Gasteiger partial charge in [0.1, 0.15) is 11.6 Å². The van der Waals surface area contributed by atoms with Crippen LogP contribution < -0.4 is 5.32 Å². The van der Waals surface area contributed by atoms with Gasteiger partial charge in [0.2, 0.25) is 0 Å². The molecular weight excluding hydrogens is 265 g/mol. The summed E-state index contributed by atoms with van der Waals surface area (Å²) in [4.78, 5) is 0. The zero-order valence-electron chi connectivity index (χ0n) is 12.7. The molecule has 0 aromatic heterocycles. The number of hydrogen-bond acceptors (Lipinski definition) is 2. The summed E-state index contributed by atoms with van der Waals surface area (Å²) in [6.45, 7) is 6.93. The summed E-state index contributed by atoms with van der Waals surface area (Å²) in [6, 6.07) is 12.4. The van der Waals surface area contributed by atoms with Crippen molar-refractivity contribution < 1.29 is 9.50 Å². The molecule has 0 fully saturated rings. The van der Waals surface area contributed by atoms with Crippen LogP contribution in [0.2, 0.25) is 0 Å². The van der Waals surface area contributed by atoms with Crippen molar-refractivity contribution in [2.24, 2.45) is 0 Å². The van der Waals surface area contributed by atoms with Crippen molar-refractivity contribution in [3.63, 3.8) is 0 Å². The maximum atomic E-state index is 13.3. The van der Waals surface area contributed by atoms with Gasteiger partial charge in [-0.1, -0.05) is 38.1 Å². The number of nitrogens with one attached hydrogen (secondary N) is 1. The average molecular weight is 287 g/mol. The van der Waals surface area contributed by atoms with Crippen LogP contribution in [0.4, 0.5) is 4.39 Å². The lowest BCUT2D eigenvalue weighted by Gasteiger charge is -2.16. The van der Waals surface area contributed by atoms with E-state index >= 15 is 0 Å². The summed E-state index contributed by atoms with van der Waals surface area (Å²) >= 11 is 0. The van der Waals surface area contributed by atoms with Gasteiger partial charge in [0.05, 0.1) is 0 Å². The first-order chi connectivity index (χ1) is 9.97. The van der Waals surface area contributed by atoms with Gasteiger partial charge < -0.3 is 10.4 Å². The van der Waals surface area contributed by atoms with Crippen molar-refractivity contribution in [2.75, 3.05) is 0 Å². The van der Waals surface area contributed by atoms with Gasteiger partial charge in [-0.05, 0) is 42.2 Å². The highest BCUT2D eigenvalue weighted by atomic mass is 19.1. The molecule has 2 aromatic carbocycles. The van der Waals surface area contributed by atoms with Crippen LogP contribution in [0.3, 0.4) is 0 Å². The minimum absolute atomic E-state index is 0.117. The Hall–Kier alpha value is -1.87. The van der Waals surface area contributed by atoms with E-state index in [-0.39, 0.29) is 17.6 Å². The minimum atomic E-state index is -0.335. The second kappa shape index (κ2) is 6.72. The standard InChI is InChI=1S/C18H22FNO/c1-12(2)15-6-4-14(5-7-15)11-20-13(3)17-10-16(19)8-9-18(17)21/h4-10,12-13,20-21H,11H2,1-3H3. The van der Waals surface area contributed by atoms with E-state index < -0.39 is 0 Å². The van der Waals surface area contributed by atoms with E-state index in [4.69, 9.17) is 0 Å². The first kappa shape index (κ1) is 15.5. The van der Waals surface area contributed by atoms with Gasteiger partial charge in [-0.3, -0.25) is 0 Å². The van der Waals surface area contributed by atoms with E-state index in [9.17, 15) is 9.50 Å². The van der Waals surface area contributed by atoms with Crippen LogP contribution in [0.15, 0.2) is 42.5 Å². The van der Waals surface area contributed by atoms with Gasteiger partial charge in [0.25, 0.3) is 0 Å². The van der Waals surface area contributed by atoms with E-state index in [1.54, 1.807) is 0 Å². The van der Waals surface area contributed by atoms with E-state index in [0.29, 0.717) is 18.0 Å². The minimum Gasteiger partial charge on any atom is -0.508 e. The number of hydrogen-bond donors (Lipinski definition) is 2. The Kier molecular flexibility index (Phi) is 4.97. The van der Waals surface area contributed by atoms with Gasteiger partial charge in [0.15, 0.2) is 0 Å². The molecule has 0 heterocycles. The molecular formula is C18H22FNO. The van der Waals surface area contributed by atoms with Crippen LogP contribution in [-0.2, 0) is 6.54 Å². The molecule has 0 bridgehead atoms. The number of aromatic hydroxyl groups is 1. The van der Waals surface area contributed by atoms with Crippen LogP contribution in [0.25, 0.3) is 0 Å². The molecule has 1 unspecified atom stereocenters. The first-order valence-corrected chi connectivity index (χ1v) is 7.28. The fraction of sp³-hybridized carbons (Fsp3) is 0.333. The van der Waals surface area contributed by atoms with Crippen LogP contribution in [0.1, 0.15) is 49.4 Å². The number of rotatable bonds is 5. The second-order valence-electron chi connectivity index (χ2n) is 5.70. The molecule has 0 aliphatic heterocycles. The molecule has 112 valence electrons. The molecule has 0 amide bonds. The summed E-state index contributed by atoms with van der Waals surface area (Å²) < 4.78 is 13.3. The number of benzene rings is 2. The molecule has 0 aliphatic carbocycles. The summed E-state index contributed by atoms with van der Waals surface area (Å²) in [5.74, 6) is 0.305. The highest BCUT2D eigenvalue weighted by Crippen LogP contribution is 2.25. The normalized spacial score (nSPS) is 12.6. The maximum Gasteiger partial charge on any atom is 0.123 e. The Labute approximate surface area is 125 Å². The third-order valence-corrected chi connectivity index (χ3v) is 3.71. The Balaban J connectivity index is 2.00. The van der Waals surface area contributed by atoms with E-state index in [0.717, 1.165) is 0 Å². The Morgan fingerprint density at radius 1 is 1.05 bits per heavy atom. The molecule has 3 heteroatoms. The van der Waals surface area contributed by atoms with Gasteiger partial charge in [-0.2, -0.15) is 0 Å². The van der Waals surface area contributed by atoms with Crippen molar-refractivity contribution in [2.45, 2.75) is 39.3 Å². The van der Waals surface area contributed by atoms with E-state index in [1.807, 2.05) is 6.92 Å². The van der Waals surface area contributed by atoms with Crippen LogP contribution in [0, 0.1) is 5.82 Å². The van der Waals surface area contributed by atoms with Crippen molar-refractivity contribution in [3.05, 3.63) is 65.0 Å². The first-order valence-electron chi connectivity index (χ1n) is 7.28. The third kappa shape index (κ3) is 4.05. The third-order valence-electron chi connectivity index (χ3n) is 3.71. The molecule has 2 N–H and O–H groups in total. The molecule has 21 heavy (non-hydrogen) atoms. The lowest BCUT2D eigenvalue weighted by molar-refractivity contribution is 0.449. The zero-order chi connectivity index (χ0) is 15.4. The molecule has 0 saturated heterocycles. The van der Waals surface area contributed by atoms with Crippen LogP contribution in [0.5, 0.6) is 5.75 Å². The summed E-state index contributed by atoms with van der Waals surface area (Å²) in [5, 5.41) is 13.1. The van der Waals surface area contributed by atoms with Gasteiger partial charge in [0, 0.05) is 18.2 Å². The molecule has 0 saturated carbocycles. The number of phenolic OH excluding ortho intramolecular Hbond substituents is 1. The van der Waals surface area contributed by atoms with Gasteiger partial charge in [-0.25, -0.2) is 4.39 Å². The van der Waals surface area contributed by atoms with Crippen LogP contribution in [-0.4, -0.2) is 5.11 Å². The molecule has 0 aliphatic rings. The largest absolute Gasteiger partial charge is 0.508 e. The van der Waals surface area contributed by atoms with Crippen molar-refractivity contribution in [1.82, 2.24) is 5.32 Å². The summed E-state index contributed by atoms with van der Waals surface area (Å²) in [5.41, 5.74) is 3.06. The monoisotopic (exact) mass is 287 g/mol. The predicted molar refractivity (Wildman–Crippen MR) is 83.9 cm³/mol. The zero-order valence-corrected chi connectivity index (χ0v) is 12.7. The van der Waals surface area contributed by atoms with E-state index in [1.165, 1.54) is 29.3 Å². The number of halogens is 1. The van der Waals surface area contributed by atoms with Gasteiger partial charge >= 0.3 is 0 Å². The Morgan fingerprint density at radius 3 is 2.33 bits per heavy atom. The quantitative estimate of drug-likeness (QED) is 0.848. The van der Waals surface area contributed by atoms with Crippen molar-refractivity contribution in [1.29, 1.82) is 0 Å². The maximum absolute atomic E-state index is 13.3. The molecule has 2 nitrogen and oxygen atoms in total. The molecule has 2 aromatic rings.